The summed E-state index contributed by atoms with van der Waals surface area (Å²) in [7, 11) is 0. The number of rotatable bonds is 4. The summed E-state index contributed by atoms with van der Waals surface area (Å²) in [5.41, 5.74) is 1.24. The molecule has 2 amide bonds. The van der Waals surface area contributed by atoms with Gasteiger partial charge in [0, 0.05) is 25.0 Å². The molecule has 1 aromatic carbocycles. The number of nitrogens with zero attached hydrogens (tertiary/aromatic N) is 1. The van der Waals surface area contributed by atoms with Crippen molar-refractivity contribution in [1.82, 2.24) is 10.2 Å². The van der Waals surface area contributed by atoms with Crippen molar-refractivity contribution in [2.45, 2.75) is 44.7 Å². The van der Waals surface area contributed by atoms with Gasteiger partial charge in [0.25, 0.3) is 5.91 Å². The lowest BCUT2D eigenvalue weighted by Crippen LogP contribution is -2.44. The highest BCUT2D eigenvalue weighted by atomic mass is 16.5. The highest BCUT2D eigenvalue weighted by molar-refractivity contribution is 5.82. The molecule has 2 heterocycles. The average molecular weight is 302 g/mol. The third-order valence-corrected chi connectivity index (χ3v) is 4.56. The molecule has 2 fully saturated rings. The van der Waals surface area contributed by atoms with Gasteiger partial charge in [-0.25, -0.2) is 0 Å². The summed E-state index contributed by atoms with van der Waals surface area (Å²) in [5.74, 6) is 0.728. The first-order chi connectivity index (χ1) is 10.7. The molecule has 0 aliphatic carbocycles. The molecule has 118 valence electrons. The number of benzene rings is 1. The summed E-state index contributed by atoms with van der Waals surface area (Å²) in [4.78, 5) is 25.9. The van der Waals surface area contributed by atoms with E-state index < -0.39 is 0 Å². The number of hydrogen-bond donors (Lipinski definition) is 1. The zero-order valence-electron chi connectivity index (χ0n) is 12.9. The van der Waals surface area contributed by atoms with Crippen LogP contribution >= 0.6 is 0 Å². The van der Waals surface area contributed by atoms with E-state index in [9.17, 15) is 9.59 Å². The van der Waals surface area contributed by atoms with E-state index in [-0.39, 0.29) is 30.5 Å². The number of carbonyl (C=O) groups is 2. The number of ether oxygens (including phenoxy) is 1. The summed E-state index contributed by atoms with van der Waals surface area (Å²) in [6, 6.07) is 7.97. The predicted octanol–water partition coefficient (Wildman–Crippen LogP) is 1.51. The van der Waals surface area contributed by atoms with Crippen LogP contribution in [0.3, 0.4) is 0 Å². The maximum atomic E-state index is 12.5. The van der Waals surface area contributed by atoms with Crippen molar-refractivity contribution in [3.63, 3.8) is 0 Å². The van der Waals surface area contributed by atoms with Crippen molar-refractivity contribution in [2.75, 3.05) is 13.2 Å². The van der Waals surface area contributed by atoms with Crippen LogP contribution in [0, 0.1) is 0 Å². The smallest absolute Gasteiger partial charge is 0.261 e. The summed E-state index contributed by atoms with van der Waals surface area (Å²) >= 11 is 0. The Morgan fingerprint density at radius 3 is 2.73 bits per heavy atom. The molecule has 2 aliphatic heterocycles. The van der Waals surface area contributed by atoms with Crippen molar-refractivity contribution in [1.29, 1.82) is 0 Å². The molecular weight excluding hydrogens is 280 g/mol. The van der Waals surface area contributed by atoms with Crippen LogP contribution in [0.2, 0.25) is 0 Å². The van der Waals surface area contributed by atoms with Gasteiger partial charge in [0.05, 0.1) is 0 Å². The molecule has 0 spiro atoms. The largest absolute Gasteiger partial charge is 0.484 e. The Kier molecular flexibility index (Phi) is 4.32. The second-order valence-electron chi connectivity index (χ2n) is 5.98. The van der Waals surface area contributed by atoms with Gasteiger partial charge in [-0.1, -0.05) is 19.1 Å². The van der Waals surface area contributed by atoms with Crippen molar-refractivity contribution in [3.05, 3.63) is 29.8 Å². The lowest BCUT2D eigenvalue weighted by molar-refractivity contribution is -0.136. The summed E-state index contributed by atoms with van der Waals surface area (Å²) in [6.07, 6.45) is 3.27. The number of carbonyl (C=O) groups excluding carboxylic acids is 2. The standard InChI is InChI=1S/C17H22N2O3/c1-2-12-3-7-15(8-4-12)22-11-17(21)19-13-5-6-14(19)10-18-16(20)9-13/h3-4,7-8,13-14H,2,5-6,9-11H2,1H3,(H,18,20)/t13-,14+/m1/s1. The molecule has 2 saturated heterocycles. The number of hydrogen-bond acceptors (Lipinski definition) is 3. The zero-order chi connectivity index (χ0) is 15.5. The molecule has 0 aromatic heterocycles. The lowest BCUT2D eigenvalue weighted by atomic mass is 10.1. The number of nitrogens with one attached hydrogen (secondary N) is 1. The summed E-state index contributed by atoms with van der Waals surface area (Å²) in [5, 5.41) is 2.87. The number of aryl methyl sites for hydroxylation is 1. The predicted molar refractivity (Wildman–Crippen MR) is 82.6 cm³/mol. The molecule has 5 nitrogen and oxygen atoms in total. The Morgan fingerprint density at radius 1 is 1.27 bits per heavy atom. The van der Waals surface area contributed by atoms with Crippen LogP contribution < -0.4 is 10.1 Å². The van der Waals surface area contributed by atoms with Crippen LogP contribution in [0.25, 0.3) is 0 Å². The van der Waals surface area contributed by atoms with Gasteiger partial charge in [0.2, 0.25) is 5.91 Å². The van der Waals surface area contributed by atoms with Gasteiger partial charge in [0.15, 0.2) is 6.61 Å². The van der Waals surface area contributed by atoms with Crippen LogP contribution in [-0.4, -0.2) is 41.9 Å². The second kappa shape index (κ2) is 6.38. The van der Waals surface area contributed by atoms with E-state index in [1.54, 1.807) is 0 Å². The van der Waals surface area contributed by atoms with Crippen molar-refractivity contribution in [3.8, 4) is 5.75 Å². The van der Waals surface area contributed by atoms with Crippen LogP contribution in [0.5, 0.6) is 5.75 Å². The summed E-state index contributed by atoms with van der Waals surface area (Å²) in [6.45, 7) is 2.70. The number of amides is 2. The zero-order valence-corrected chi connectivity index (χ0v) is 12.9. The van der Waals surface area contributed by atoms with Gasteiger partial charge in [-0.15, -0.1) is 0 Å². The van der Waals surface area contributed by atoms with Crippen molar-refractivity contribution in [2.24, 2.45) is 0 Å². The van der Waals surface area contributed by atoms with Crippen LogP contribution in [0.1, 0.15) is 31.7 Å². The Hall–Kier alpha value is -2.04. The lowest BCUT2D eigenvalue weighted by Gasteiger charge is -2.27. The molecule has 2 bridgehead atoms. The second-order valence-corrected chi connectivity index (χ2v) is 5.98. The fraction of sp³-hybridized carbons (Fsp3) is 0.529. The van der Waals surface area contributed by atoms with Crippen LogP contribution in [-0.2, 0) is 16.0 Å². The maximum absolute atomic E-state index is 12.5. The SMILES string of the molecule is CCc1ccc(OCC(=O)N2[C@@H]3CC[C@H]2CNC(=O)C3)cc1. The van der Waals surface area contributed by atoms with E-state index in [2.05, 4.69) is 12.2 Å². The van der Waals surface area contributed by atoms with Gasteiger partial charge in [0.1, 0.15) is 5.75 Å². The molecule has 2 aliphatic rings. The third-order valence-electron chi connectivity index (χ3n) is 4.56. The molecule has 2 atom stereocenters. The Morgan fingerprint density at radius 2 is 2.00 bits per heavy atom. The first-order valence-corrected chi connectivity index (χ1v) is 7.97. The Labute approximate surface area is 130 Å². The summed E-state index contributed by atoms with van der Waals surface area (Å²) < 4.78 is 5.62. The van der Waals surface area contributed by atoms with E-state index in [1.165, 1.54) is 5.56 Å². The van der Waals surface area contributed by atoms with Crippen LogP contribution in [0.4, 0.5) is 0 Å². The molecular formula is C17H22N2O3. The number of fused-ring (bicyclic) bond motifs is 2. The fourth-order valence-corrected chi connectivity index (χ4v) is 3.33. The molecule has 0 saturated carbocycles. The minimum Gasteiger partial charge on any atom is -0.484 e. The van der Waals surface area contributed by atoms with Gasteiger partial charge in [-0.2, -0.15) is 0 Å². The van der Waals surface area contributed by atoms with E-state index in [1.807, 2.05) is 29.2 Å². The van der Waals surface area contributed by atoms with Crippen molar-refractivity contribution >= 4 is 11.8 Å². The van der Waals surface area contributed by atoms with E-state index in [4.69, 9.17) is 4.74 Å². The van der Waals surface area contributed by atoms with Crippen molar-refractivity contribution < 1.29 is 14.3 Å². The highest BCUT2D eigenvalue weighted by Crippen LogP contribution is 2.28. The van der Waals surface area contributed by atoms with E-state index in [0.717, 1.165) is 19.3 Å². The van der Waals surface area contributed by atoms with Gasteiger partial charge in [-0.05, 0) is 37.0 Å². The van der Waals surface area contributed by atoms with Crippen LogP contribution in [0.15, 0.2) is 24.3 Å². The highest BCUT2D eigenvalue weighted by Gasteiger charge is 2.40. The molecule has 22 heavy (non-hydrogen) atoms. The topological polar surface area (TPSA) is 58.6 Å². The monoisotopic (exact) mass is 302 g/mol. The quantitative estimate of drug-likeness (QED) is 0.917. The first kappa shape index (κ1) is 14.9. The molecule has 5 heteroatoms. The maximum Gasteiger partial charge on any atom is 0.261 e. The first-order valence-electron chi connectivity index (χ1n) is 7.97. The van der Waals surface area contributed by atoms with E-state index in [0.29, 0.717) is 18.7 Å². The Balaban J connectivity index is 1.60. The minimum absolute atomic E-state index is 0.0245. The van der Waals surface area contributed by atoms with Gasteiger partial charge >= 0.3 is 0 Å². The molecule has 1 N–H and O–H groups in total. The molecule has 3 rings (SSSR count). The van der Waals surface area contributed by atoms with Gasteiger partial charge < -0.3 is 15.0 Å². The Bertz CT molecular complexity index is 556. The van der Waals surface area contributed by atoms with Gasteiger partial charge in [-0.3, -0.25) is 9.59 Å². The average Bonchev–Trinajstić information content (AvgIpc) is 2.84. The third kappa shape index (κ3) is 3.08. The molecule has 0 radical (unpaired) electrons. The molecule has 0 unspecified atom stereocenters. The van der Waals surface area contributed by atoms with E-state index >= 15 is 0 Å². The molecule has 1 aromatic rings. The normalized spacial score (nSPS) is 23.9. The fourth-order valence-electron chi connectivity index (χ4n) is 3.33. The minimum atomic E-state index is -0.0245.